The highest BCUT2D eigenvalue weighted by Gasteiger charge is 2.41. The van der Waals surface area contributed by atoms with E-state index in [1.54, 1.807) is 18.3 Å². The van der Waals surface area contributed by atoms with Gasteiger partial charge in [-0.1, -0.05) is 6.07 Å². The third kappa shape index (κ3) is 6.70. The van der Waals surface area contributed by atoms with Crippen LogP contribution < -0.4 is 20.4 Å². The first-order valence-electron chi connectivity index (χ1n) is 18.4. The molecule has 8 heterocycles. The smallest absolute Gasteiger partial charge is 0.300 e. The molecule has 2 atom stereocenters. The van der Waals surface area contributed by atoms with Crippen LogP contribution in [0.4, 0.5) is 21.9 Å². The molecule has 17 nitrogen and oxygen atoms in total. The zero-order valence-corrected chi connectivity index (χ0v) is 30.3. The van der Waals surface area contributed by atoms with Crippen LogP contribution in [0.1, 0.15) is 56.9 Å². The van der Waals surface area contributed by atoms with Gasteiger partial charge in [-0.3, -0.25) is 34.4 Å². The number of anilines is 3. The standard InChI is InChI=1S/C38H37FN10O7/c1-20-12-22(4-6-40-20)36-42-27(19-55-36)34(52)41-26-15-29-32(44-33(26)48-7-5-24(50)18-48)45-38(56-29)47-10-8-46(9-11-47)16-21-13-23-17-49(37(54)31(23)25(39)14-21)28-2-3-30(51)43-35(28)53/h4,6,12-15,19,24,28,50H,2-3,5,7-11,16-18H2,1H3,(H,41,52)(H,43,51,53)/t24-,28?/m1/s1. The van der Waals surface area contributed by atoms with E-state index in [-0.39, 0.29) is 42.4 Å². The van der Waals surface area contributed by atoms with Gasteiger partial charge in [-0.15, -0.1) is 0 Å². The Balaban J connectivity index is 0.883. The van der Waals surface area contributed by atoms with Crippen LogP contribution in [-0.2, 0) is 22.7 Å². The molecule has 9 rings (SSSR count). The lowest BCUT2D eigenvalue weighted by atomic mass is 10.0. The van der Waals surface area contributed by atoms with Gasteiger partial charge >= 0.3 is 0 Å². The van der Waals surface area contributed by atoms with Gasteiger partial charge < -0.3 is 34.0 Å². The number of rotatable bonds is 8. The number of nitrogens with zero attached hydrogens (tertiary/aromatic N) is 8. The van der Waals surface area contributed by atoms with Crippen LogP contribution in [-0.4, -0.2) is 110 Å². The van der Waals surface area contributed by atoms with Crippen LogP contribution in [0.15, 0.2) is 51.6 Å². The number of pyridine rings is 2. The van der Waals surface area contributed by atoms with Crippen LogP contribution in [0.5, 0.6) is 0 Å². The summed E-state index contributed by atoms with van der Waals surface area (Å²) in [5.41, 5.74) is 3.84. The number of fused-ring (bicyclic) bond motifs is 2. The fourth-order valence-electron chi connectivity index (χ4n) is 7.79. The number of aliphatic hydroxyl groups excluding tert-OH is 1. The fraction of sp³-hybridized carbons (Fsp3) is 0.368. The number of piperazine rings is 1. The summed E-state index contributed by atoms with van der Waals surface area (Å²) in [6.07, 6.45) is 3.28. The van der Waals surface area contributed by atoms with Crippen molar-refractivity contribution in [3.8, 4) is 11.5 Å². The largest absolute Gasteiger partial charge is 0.444 e. The minimum atomic E-state index is -0.813. The number of amides is 4. The Morgan fingerprint density at radius 2 is 1.88 bits per heavy atom. The summed E-state index contributed by atoms with van der Waals surface area (Å²) in [6, 6.07) is 7.98. The maximum Gasteiger partial charge on any atom is 0.300 e. The van der Waals surface area contributed by atoms with Crippen molar-refractivity contribution in [2.75, 3.05) is 54.4 Å². The van der Waals surface area contributed by atoms with Crippen molar-refractivity contribution >= 4 is 52.4 Å². The van der Waals surface area contributed by atoms with Crippen molar-refractivity contribution in [3.05, 3.63) is 76.7 Å². The number of hydrogen-bond donors (Lipinski definition) is 3. The number of piperidine rings is 1. The number of oxazole rings is 2. The van der Waals surface area contributed by atoms with Crippen molar-refractivity contribution in [2.24, 2.45) is 0 Å². The van der Waals surface area contributed by atoms with Crippen LogP contribution in [0.25, 0.3) is 22.7 Å². The van der Waals surface area contributed by atoms with E-state index in [0.29, 0.717) is 97.7 Å². The second kappa shape index (κ2) is 14.1. The van der Waals surface area contributed by atoms with E-state index in [9.17, 15) is 24.3 Å². The summed E-state index contributed by atoms with van der Waals surface area (Å²) in [5.74, 6) is -1.86. The summed E-state index contributed by atoms with van der Waals surface area (Å²) in [5, 5.41) is 15.5. The quantitative estimate of drug-likeness (QED) is 0.195. The van der Waals surface area contributed by atoms with Gasteiger partial charge in [0.1, 0.15) is 18.1 Å². The number of aromatic nitrogens is 4. The number of nitrogens with one attached hydrogen (secondary N) is 2. The molecule has 4 aromatic heterocycles. The number of β-amino-alcohol motifs (C(OH)–C–C–N with tert-alkyl or cyclic N) is 1. The van der Waals surface area contributed by atoms with E-state index < -0.39 is 35.7 Å². The summed E-state index contributed by atoms with van der Waals surface area (Å²) >= 11 is 0. The molecule has 0 spiro atoms. The van der Waals surface area contributed by atoms with E-state index in [2.05, 4.69) is 25.5 Å². The molecule has 0 saturated carbocycles. The highest BCUT2D eigenvalue weighted by molar-refractivity contribution is 6.06. The summed E-state index contributed by atoms with van der Waals surface area (Å²) in [4.78, 5) is 76.0. The predicted molar refractivity (Wildman–Crippen MR) is 197 cm³/mol. The Morgan fingerprint density at radius 1 is 1.04 bits per heavy atom. The first-order chi connectivity index (χ1) is 27.1. The molecule has 0 aliphatic carbocycles. The number of benzene rings is 1. The molecule has 3 N–H and O–H groups in total. The van der Waals surface area contributed by atoms with Gasteiger partial charge in [0.2, 0.25) is 23.4 Å². The monoisotopic (exact) mass is 764 g/mol. The molecule has 0 radical (unpaired) electrons. The van der Waals surface area contributed by atoms with Crippen molar-refractivity contribution in [3.63, 3.8) is 0 Å². The Bertz CT molecular complexity index is 2410. The molecule has 0 bridgehead atoms. The fourth-order valence-corrected chi connectivity index (χ4v) is 7.79. The molecule has 288 valence electrons. The number of aryl methyl sites for hydroxylation is 1. The molecule has 5 aromatic rings. The number of imide groups is 1. The van der Waals surface area contributed by atoms with Gasteiger partial charge in [0.05, 0.1) is 17.4 Å². The zero-order chi connectivity index (χ0) is 38.7. The lowest BCUT2D eigenvalue weighted by Crippen LogP contribution is -2.52. The van der Waals surface area contributed by atoms with Crippen molar-refractivity contribution in [1.29, 1.82) is 0 Å². The molecule has 1 aromatic carbocycles. The number of hydrogen-bond acceptors (Lipinski definition) is 14. The number of halogens is 1. The Labute approximate surface area is 318 Å². The Hall–Kier alpha value is -6.27. The molecule has 4 aliphatic rings. The summed E-state index contributed by atoms with van der Waals surface area (Å²) < 4.78 is 27.1. The second-order valence-corrected chi connectivity index (χ2v) is 14.5. The topological polar surface area (TPSA) is 203 Å². The molecule has 4 aliphatic heterocycles. The van der Waals surface area contributed by atoms with E-state index in [1.165, 1.54) is 17.2 Å². The zero-order valence-electron chi connectivity index (χ0n) is 30.3. The molecule has 4 amide bonds. The number of carbonyl (C=O) groups excluding carboxylic acids is 4. The predicted octanol–water partition coefficient (Wildman–Crippen LogP) is 2.63. The van der Waals surface area contributed by atoms with Crippen LogP contribution in [0, 0.1) is 12.7 Å². The third-order valence-corrected chi connectivity index (χ3v) is 10.6. The molecular weight excluding hydrogens is 727 g/mol. The van der Waals surface area contributed by atoms with Gasteiger partial charge in [-0.05, 0) is 49.1 Å². The molecule has 3 fully saturated rings. The molecule has 56 heavy (non-hydrogen) atoms. The van der Waals surface area contributed by atoms with Gasteiger partial charge in [0, 0.05) is 82.3 Å². The van der Waals surface area contributed by atoms with Gasteiger partial charge in [0.15, 0.2) is 17.1 Å². The summed E-state index contributed by atoms with van der Waals surface area (Å²) in [7, 11) is 0. The summed E-state index contributed by atoms with van der Waals surface area (Å²) in [6.45, 7) is 5.62. The van der Waals surface area contributed by atoms with Crippen molar-refractivity contribution in [2.45, 2.75) is 51.4 Å². The first-order valence-corrected chi connectivity index (χ1v) is 18.4. The van der Waals surface area contributed by atoms with E-state index >= 15 is 4.39 Å². The second-order valence-electron chi connectivity index (χ2n) is 14.5. The van der Waals surface area contributed by atoms with Crippen molar-refractivity contribution < 1.29 is 37.5 Å². The minimum absolute atomic E-state index is 0.0250. The lowest BCUT2D eigenvalue weighted by molar-refractivity contribution is -0.136. The Kier molecular flexibility index (Phi) is 8.92. The van der Waals surface area contributed by atoms with Crippen LogP contribution in [0.3, 0.4) is 0 Å². The van der Waals surface area contributed by atoms with E-state index in [1.807, 2.05) is 28.9 Å². The highest BCUT2D eigenvalue weighted by atomic mass is 19.1. The lowest BCUT2D eigenvalue weighted by Gasteiger charge is -2.33. The average molecular weight is 765 g/mol. The van der Waals surface area contributed by atoms with Gasteiger partial charge in [0.25, 0.3) is 17.8 Å². The third-order valence-electron chi connectivity index (χ3n) is 10.6. The minimum Gasteiger partial charge on any atom is -0.444 e. The van der Waals surface area contributed by atoms with Gasteiger partial charge in [-0.25, -0.2) is 14.4 Å². The molecule has 18 heteroatoms. The maximum absolute atomic E-state index is 15.3. The highest BCUT2D eigenvalue weighted by Crippen LogP contribution is 2.34. The molecule has 3 saturated heterocycles. The Morgan fingerprint density at radius 3 is 2.64 bits per heavy atom. The first kappa shape index (κ1) is 35.4. The normalized spacial score (nSPS) is 20.3. The number of carbonyl (C=O) groups is 4. The molecule has 1 unspecified atom stereocenters. The van der Waals surface area contributed by atoms with E-state index in [4.69, 9.17) is 18.8 Å². The van der Waals surface area contributed by atoms with E-state index in [0.717, 1.165) is 5.69 Å². The van der Waals surface area contributed by atoms with Gasteiger partial charge in [-0.2, -0.15) is 4.98 Å². The average Bonchev–Trinajstić information content (AvgIpc) is 3.98. The molecular formula is C38H37FN10O7. The number of aliphatic hydroxyl groups is 1. The van der Waals surface area contributed by atoms with Crippen LogP contribution >= 0.6 is 0 Å². The maximum atomic E-state index is 15.3. The SMILES string of the molecule is Cc1cc(-c2nc(C(=O)Nc3cc4oc(N5CCN(Cc6cc(F)c7c(c6)CN(C6CCC(=O)NC6=O)C7=O)CC5)nc4nc3N3CC[C@@H](O)C3)co2)ccn1. The van der Waals surface area contributed by atoms with Crippen LogP contribution in [0.2, 0.25) is 0 Å². The van der Waals surface area contributed by atoms with Crippen molar-refractivity contribution in [1.82, 2.24) is 35.1 Å².